The van der Waals surface area contributed by atoms with Gasteiger partial charge in [0.1, 0.15) is 0 Å². The molecule has 1 aliphatic heterocycles. The van der Waals surface area contributed by atoms with E-state index in [1.54, 1.807) is 20.9 Å². The molecule has 1 heterocycles. The molecule has 1 saturated heterocycles. The van der Waals surface area contributed by atoms with E-state index in [1.165, 1.54) is 11.0 Å². The lowest BCUT2D eigenvalue weighted by atomic mass is 9.83. The molecule has 2 N–H and O–H groups in total. The lowest BCUT2D eigenvalue weighted by Gasteiger charge is -2.34. The van der Waals surface area contributed by atoms with Crippen LogP contribution in [-0.2, 0) is 9.53 Å². The van der Waals surface area contributed by atoms with E-state index >= 15 is 0 Å². The fourth-order valence-electron chi connectivity index (χ4n) is 2.48. The van der Waals surface area contributed by atoms with Crippen molar-refractivity contribution in [2.45, 2.75) is 25.9 Å². The Balaban J connectivity index is 2.20. The Labute approximate surface area is 122 Å². The van der Waals surface area contributed by atoms with E-state index in [9.17, 15) is 13.6 Å². The number of hydrogen-bond acceptors (Lipinski definition) is 3. The molecule has 0 saturated carbocycles. The molecule has 1 aromatic rings. The van der Waals surface area contributed by atoms with Crippen molar-refractivity contribution in [2.75, 3.05) is 20.3 Å². The van der Waals surface area contributed by atoms with Gasteiger partial charge in [0, 0.05) is 13.1 Å². The third-order valence-corrected chi connectivity index (χ3v) is 4.33. The Morgan fingerprint density at radius 2 is 2.14 bits per heavy atom. The molecule has 3 unspecified atom stereocenters. The van der Waals surface area contributed by atoms with Gasteiger partial charge in [0.2, 0.25) is 5.91 Å². The van der Waals surface area contributed by atoms with Crippen LogP contribution in [0.2, 0.25) is 0 Å². The van der Waals surface area contributed by atoms with Gasteiger partial charge < -0.3 is 15.4 Å². The van der Waals surface area contributed by atoms with Crippen LogP contribution in [0.1, 0.15) is 25.5 Å². The Bertz CT molecular complexity index is 552. The molecule has 4 nitrogen and oxygen atoms in total. The molecule has 0 aliphatic carbocycles. The fourth-order valence-corrected chi connectivity index (χ4v) is 2.48. The molecule has 0 aromatic heterocycles. The summed E-state index contributed by atoms with van der Waals surface area (Å²) in [4.78, 5) is 14.1. The first-order valence-corrected chi connectivity index (χ1v) is 6.83. The lowest BCUT2D eigenvalue weighted by molar-refractivity contribution is -0.142. The highest BCUT2D eigenvalue weighted by Gasteiger charge is 2.46. The summed E-state index contributed by atoms with van der Waals surface area (Å²) in [6.45, 7) is 4.13. The average Bonchev–Trinajstić information content (AvgIpc) is 2.80. The van der Waals surface area contributed by atoms with Gasteiger partial charge >= 0.3 is 0 Å². The second kappa shape index (κ2) is 5.69. The molecule has 6 heteroatoms. The van der Waals surface area contributed by atoms with E-state index < -0.39 is 23.1 Å². The van der Waals surface area contributed by atoms with Crippen molar-refractivity contribution in [1.29, 1.82) is 0 Å². The second-order valence-electron chi connectivity index (χ2n) is 5.80. The molecule has 2 rings (SSSR count). The normalized spacial score (nSPS) is 26.7. The number of carbonyl (C=O) groups is 1. The summed E-state index contributed by atoms with van der Waals surface area (Å²) in [7, 11) is 1.63. The molecule has 21 heavy (non-hydrogen) atoms. The Morgan fingerprint density at radius 3 is 2.67 bits per heavy atom. The summed E-state index contributed by atoms with van der Waals surface area (Å²) >= 11 is 0. The molecule has 1 fully saturated rings. The zero-order chi connectivity index (χ0) is 15.8. The zero-order valence-corrected chi connectivity index (χ0v) is 12.4. The number of hydrogen-bond donors (Lipinski definition) is 1. The first kappa shape index (κ1) is 15.9. The average molecular weight is 298 g/mol. The molecule has 3 atom stereocenters. The predicted octanol–water partition coefficient (Wildman–Crippen LogP) is 1.85. The zero-order valence-electron chi connectivity index (χ0n) is 12.4. The van der Waals surface area contributed by atoms with E-state index in [1.807, 2.05) is 0 Å². The highest BCUT2D eigenvalue weighted by Crippen LogP contribution is 2.32. The molecule has 0 radical (unpaired) electrons. The van der Waals surface area contributed by atoms with Gasteiger partial charge in [-0.2, -0.15) is 0 Å². The van der Waals surface area contributed by atoms with Gasteiger partial charge in [0.25, 0.3) is 0 Å². The quantitative estimate of drug-likeness (QED) is 0.926. The highest BCUT2D eigenvalue weighted by atomic mass is 19.2. The van der Waals surface area contributed by atoms with Crippen molar-refractivity contribution in [3.63, 3.8) is 0 Å². The maximum atomic E-state index is 13.3. The summed E-state index contributed by atoms with van der Waals surface area (Å²) in [5.74, 6) is -1.99. The summed E-state index contributed by atoms with van der Waals surface area (Å²) in [5.41, 5.74) is 5.69. The van der Waals surface area contributed by atoms with E-state index in [0.29, 0.717) is 12.2 Å². The first-order valence-electron chi connectivity index (χ1n) is 6.83. The molecule has 116 valence electrons. The van der Waals surface area contributed by atoms with Crippen LogP contribution in [0.15, 0.2) is 18.2 Å². The maximum Gasteiger partial charge on any atom is 0.232 e. The smallest absolute Gasteiger partial charge is 0.232 e. The molecule has 0 spiro atoms. The van der Waals surface area contributed by atoms with Gasteiger partial charge in [0.05, 0.1) is 24.7 Å². The fraction of sp³-hybridized carbons (Fsp3) is 0.533. The van der Waals surface area contributed by atoms with Crippen LogP contribution in [0, 0.1) is 17.0 Å². The van der Waals surface area contributed by atoms with Crippen molar-refractivity contribution in [2.24, 2.45) is 11.1 Å². The number of ether oxygens (including phenoxy) is 1. The summed E-state index contributed by atoms with van der Waals surface area (Å²) in [6.07, 6.45) is 0. The molecule has 1 amide bonds. The Kier molecular flexibility index (Phi) is 4.30. The number of nitrogens with zero attached hydrogens (tertiary/aromatic N) is 1. The summed E-state index contributed by atoms with van der Waals surface area (Å²) < 4.78 is 31.6. The number of halogens is 2. The SMILES string of the molecule is CC(c1ccc(F)c(F)c1)N(C)C(=O)C1(C)COCC1N. The predicted molar refractivity (Wildman–Crippen MR) is 74.4 cm³/mol. The number of benzene rings is 1. The Morgan fingerprint density at radius 1 is 1.48 bits per heavy atom. The molecular formula is C15H20F2N2O2. The van der Waals surface area contributed by atoms with Gasteiger partial charge in [0.15, 0.2) is 11.6 Å². The van der Waals surface area contributed by atoms with Gasteiger partial charge in [-0.1, -0.05) is 6.07 Å². The molecule has 1 aliphatic rings. The Hall–Kier alpha value is -1.53. The van der Waals surface area contributed by atoms with Crippen LogP contribution >= 0.6 is 0 Å². The topological polar surface area (TPSA) is 55.6 Å². The van der Waals surface area contributed by atoms with E-state index in [4.69, 9.17) is 10.5 Å². The second-order valence-corrected chi connectivity index (χ2v) is 5.80. The number of amides is 1. The van der Waals surface area contributed by atoms with Crippen molar-refractivity contribution in [1.82, 2.24) is 4.90 Å². The van der Waals surface area contributed by atoms with Gasteiger partial charge in [-0.15, -0.1) is 0 Å². The lowest BCUT2D eigenvalue weighted by Crippen LogP contribution is -2.50. The minimum absolute atomic E-state index is 0.162. The van der Waals surface area contributed by atoms with Gasteiger partial charge in [-0.3, -0.25) is 4.79 Å². The maximum absolute atomic E-state index is 13.3. The third kappa shape index (κ3) is 2.78. The monoisotopic (exact) mass is 298 g/mol. The molecule has 1 aromatic carbocycles. The van der Waals surface area contributed by atoms with Crippen LogP contribution in [0.25, 0.3) is 0 Å². The number of rotatable bonds is 3. The van der Waals surface area contributed by atoms with Crippen LogP contribution in [0.5, 0.6) is 0 Å². The van der Waals surface area contributed by atoms with Gasteiger partial charge in [-0.25, -0.2) is 8.78 Å². The first-order chi connectivity index (χ1) is 9.77. The van der Waals surface area contributed by atoms with Crippen molar-refractivity contribution in [3.8, 4) is 0 Å². The van der Waals surface area contributed by atoms with Crippen molar-refractivity contribution >= 4 is 5.91 Å². The van der Waals surface area contributed by atoms with E-state index in [2.05, 4.69) is 0 Å². The molecular weight excluding hydrogens is 278 g/mol. The van der Waals surface area contributed by atoms with Crippen LogP contribution in [-0.4, -0.2) is 37.1 Å². The largest absolute Gasteiger partial charge is 0.379 e. The van der Waals surface area contributed by atoms with E-state index in [-0.39, 0.29) is 18.6 Å². The van der Waals surface area contributed by atoms with Crippen molar-refractivity contribution < 1.29 is 18.3 Å². The minimum atomic E-state index is -0.924. The van der Waals surface area contributed by atoms with Crippen LogP contribution in [0.4, 0.5) is 8.78 Å². The summed E-state index contributed by atoms with van der Waals surface area (Å²) in [6, 6.07) is 2.88. The summed E-state index contributed by atoms with van der Waals surface area (Å²) in [5, 5.41) is 0. The van der Waals surface area contributed by atoms with Crippen molar-refractivity contribution in [3.05, 3.63) is 35.4 Å². The standard InChI is InChI=1S/C15H20F2N2O2/c1-9(10-4-5-11(16)12(17)6-10)19(3)14(20)15(2)8-21-7-13(15)18/h4-6,9,13H,7-8,18H2,1-3H3. The highest BCUT2D eigenvalue weighted by molar-refractivity contribution is 5.84. The van der Waals surface area contributed by atoms with Gasteiger partial charge in [-0.05, 0) is 31.5 Å². The minimum Gasteiger partial charge on any atom is -0.379 e. The molecule has 0 bridgehead atoms. The van der Waals surface area contributed by atoms with E-state index in [0.717, 1.165) is 12.1 Å². The third-order valence-electron chi connectivity index (χ3n) is 4.33. The number of nitrogens with two attached hydrogens (primary N) is 1. The van der Waals surface area contributed by atoms with Crippen LogP contribution in [0.3, 0.4) is 0 Å². The number of carbonyl (C=O) groups excluding carboxylic acids is 1. The van der Waals surface area contributed by atoms with Crippen LogP contribution < -0.4 is 5.73 Å².